The molecule has 0 aliphatic heterocycles. The van der Waals surface area contributed by atoms with Crippen molar-refractivity contribution in [1.29, 1.82) is 0 Å². The van der Waals surface area contributed by atoms with Gasteiger partial charge in [0.15, 0.2) is 5.43 Å². The van der Waals surface area contributed by atoms with Crippen LogP contribution in [0.15, 0.2) is 23.3 Å². The van der Waals surface area contributed by atoms with Crippen LogP contribution in [0.3, 0.4) is 0 Å². The van der Waals surface area contributed by atoms with Crippen LogP contribution < -0.4 is 10.7 Å². The maximum atomic E-state index is 11.9. The lowest BCUT2D eigenvalue weighted by Crippen LogP contribution is -2.37. The number of hydrogen-bond acceptors (Lipinski definition) is 2. The van der Waals surface area contributed by atoms with Crippen molar-refractivity contribution in [2.45, 2.75) is 38.6 Å². The van der Waals surface area contributed by atoms with Crippen LogP contribution in [0.2, 0.25) is 0 Å². The molecule has 1 aromatic rings. The summed E-state index contributed by atoms with van der Waals surface area (Å²) < 4.78 is 0. The van der Waals surface area contributed by atoms with Gasteiger partial charge in [0, 0.05) is 24.5 Å². The largest absolute Gasteiger partial charge is 0.367 e. The van der Waals surface area contributed by atoms with Gasteiger partial charge in [0.25, 0.3) is 5.91 Å². The van der Waals surface area contributed by atoms with Crippen molar-refractivity contribution in [3.63, 3.8) is 0 Å². The SMILES string of the molecule is CCC(CC1CC1)NC(=O)c1c[nH]ccc1=O. The number of pyridine rings is 1. The number of hydrogen-bond donors (Lipinski definition) is 2. The van der Waals surface area contributed by atoms with Gasteiger partial charge >= 0.3 is 0 Å². The molecular formula is C13H18N2O2. The lowest BCUT2D eigenvalue weighted by Gasteiger charge is -2.16. The summed E-state index contributed by atoms with van der Waals surface area (Å²) in [6.07, 6.45) is 7.48. The van der Waals surface area contributed by atoms with Crippen molar-refractivity contribution in [3.8, 4) is 0 Å². The summed E-state index contributed by atoms with van der Waals surface area (Å²) in [5.41, 5.74) is -0.0377. The quantitative estimate of drug-likeness (QED) is 0.814. The molecule has 1 aliphatic rings. The van der Waals surface area contributed by atoms with Gasteiger partial charge in [-0.2, -0.15) is 0 Å². The molecule has 2 N–H and O–H groups in total. The lowest BCUT2D eigenvalue weighted by atomic mass is 10.1. The Morgan fingerprint density at radius 1 is 1.59 bits per heavy atom. The summed E-state index contributed by atoms with van der Waals surface area (Å²) in [4.78, 5) is 26.2. The van der Waals surface area contributed by atoms with E-state index in [1.54, 1.807) is 0 Å². The topological polar surface area (TPSA) is 62.0 Å². The maximum Gasteiger partial charge on any atom is 0.256 e. The minimum Gasteiger partial charge on any atom is -0.367 e. The van der Waals surface area contributed by atoms with Gasteiger partial charge in [-0.25, -0.2) is 0 Å². The number of carbonyl (C=O) groups is 1. The number of amides is 1. The molecule has 1 aromatic heterocycles. The Morgan fingerprint density at radius 2 is 2.35 bits per heavy atom. The van der Waals surface area contributed by atoms with Crippen LogP contribution in [0.5, 0.6) is 0 Å². The van der Waals surface area contributed by atoms with Crippen LogP contribution in [0.25, 0.3) is 0 Å². The highest BCUT2D eigenvalue weighted by Crippen LogP contribution is 2.34. The number of rotatable bonds is 5. The van der Waals surface area contributed by atoms with E-state index in [-0.39, 0.29) is 22.9 Å². The van der Waals surface area contributed by atoms with Gasteiger partial charge in [-0.05, 0) is 18.8 Å². The number of H-pyrrole nitrogens is 1. The minimum atomic E-state index is -0.264. The molecule has 0 bridgehead atoms. The zero-order valence-corrected chi connectivity index (χ0v) is 10.0. The van der Waals surface area contributed by atoms with E-state index in [1.807, 2.05) is 0 Å². The highest BCUT2D eigenvalue weighted by atomic mass is 16.2. The van der Waals surface area contributed by atoms with Gasteiger partial charge in [0.05, 0.1) is 0 Å². The predicted octanol–water partition coefficient (Wildman–Crippen LogP) is 1.68. The first-order chi connectivity index (χ1) is 8.20. The van der Waals surface area contributed by atoms with Gasteiger partial charge in [0.1, 0.15) is 5.56 Å². The van der Waals surface area contributed by atoms with Gasteiger partial charge in [0.2, 0.25) is 0 Å². The Morgan fingerprint density at radius 3 is 2.94 bits per heavy atom. The third-order valence-corrected chi connectivity index (χ3v) is 3.21. The first-order valence-corrected chi connectivity index (χ1v) is 6.18. The standard InChI is InChI=1S/C13H18N2O2/c1-2-10(7-9-3-4-9)15-13(17)11-8-14-6-5-12(11)16/h5-6,8-10H,2-4,7H2,1H3,(H,14,16)(H,15,17). The van der Waals surface area contributed by atoms with Gasteiger partial charge in [-0.1, -0.05) is 19.8 Å². The van der Waals surface area contributed by atoms with E-state index in [4.69, 9.17) is 0 Å². The van der Waals surface area contributed by atoms with Gasteiger partial charge in [-0.15, -0.1) is 0 Å². The Kier molecular flexibility index (Phi) is 3.61. The van der Waals surface area contributed by atoms with E-state index in [0.29, 0.717) is 0 Å². The fourth-order valence-electron chi connectivity index (χ4n) is 1.94. The van der Waals surface area contributed by atoms with Crippen LogP contribution in [0, 0.1) is 5.92 Å². The highest BCUT2D eigenvalue weighted by Gasteiger charge is 2.25. The van der Waals surface area contributed by atoms with E-state index in [1.165, 1.54) is 31.3 Å². The van der Waals surface area contributed by atoms with Crippen molar-refractivity contribution in [3.05, 3.63) is 34.2 Å². The summed E-state index contributed by atoms with van der Waals surface area (Å²) in [5, 5.41) is 2.94. The van der Waals surface area contributed by atoms with E-state index in [9.17, 15) is 9.59 Å². The molecule has 17 heavy (non-hydrogen) atoms. The molecule has 1 saturated carbocycles. The second kappa shape index (κ2) is 5.17. The maximum absolute atomic E-state index is 11.9. The molecule has 92 valence electrons. The van der Waals surface area contributed by atoms with Crippen molar-refractivity contribution in [2.75, 3.05) is 0 Å². The monoisotopic (exact) mass is 234 g/mol. The molecule has 4 nitrogen and oxygen atoms in total. The zero-order chi connectivity index (χ0) is 12.3. The first kappa shape index (κ1) is 11.9. The number of aromatic nitrogens is 1. The summed E-state index contributed by atoms with van der Waals surface area (Å²) in [6, 6.07) is 1.56. The van der Waals surface area contributed by atoms with Crippen LogP contribution >= 0.6 is 0 Å². The van der Waals surface area contributed by atoms with Crippen LogP contribution in [0.4, 0.5) is 0 Å². The number of carbonyl (C=O) groups excluding carboxylic acids is 1. The molecule has 0 radical (unpaired) electrons. The fourth-order valence-corrected chi connectivity index (χ4v) is 1.94. The Hall–Kier alpha value is -1.58. The normalized spacial score (nSPS) is 16.5. The molecule has 2 rings (SSSR count). The molecule has 1 heterocycles. The molecule has 1 atom stereocenters. The van der Waals surface area contributed by atoms with E-state index < -0.39 is 0 Å². The summed E-state index contributed by atoms with van der Waals surface area (Å²) >= 11 is 0. The third-order valence-electron chi connectivity index (χ3n) is 3.21. The van der Waals surface area contributed by atoms with E-state index in [0.717, 1.165) is 18.8 Å². The smallest absolute Gasteiger partial charge is 0.256 e. The Bertz CT molecular complexity index is 449. The predicted molar refractivity (Wildman–Crippen MR) is 65.9 cm³/mol. The first-order valence-electron chi connectivity index (χ1n) is 6.18. The van der Waals surface area contributed by atoms with Crippen molar-refractivity contribution in [2.24, 2.45) is 5.92 Å². The van der Waals surface area contributed by atoms with Crippen LogP contribution in [-0.4, -0.2) is 16.9 Å². The van der Waals surface area contributed by atoms with E-state index >= 15 is 0 Å². The Balaban J connectivity index is 1.99. The molecule has 1 unspecified atom stereocenters. The van der Waals surface area contributed by atoms with E-state index in [2.05, 4.69) is 17.2 Å². The molecule has 1 aliphatic carbocycles. The summed E-state index contributed by atoms with van der Waals surface area (Å²) in [7, 11) is 0. The minimum absolute atomic E-state index is 0.189. The fraction of sp³-hybridized carbons (Fsp3) is 0.538. The third kappa shape index (κ3) is 3.19. The molecule has 4 heteroatoms. The van der Waals surface area contributed by atoms with Crippen molar-refractivity contribution < 1.29 is 4.79 Å². The molecule has 0 saturated heterocycles. The molecule has 0 aromatic carbocycles. The lowest BCUT2D eigenvalue weighted by molar-refractivity contribution is 0.0931. The molecule has 1 fully saturated rings. The summed E-state index contributed by atoms with van der Waals surface area (Å²) in [6.45, 7) is 2.06. The van der Waals surface area contributed by atoms with Crippen LogP contribution in [-0.2, 0) is 0 Å². The average Bonchev–Trinajstić information content (AvgIpc) is 3.12. The van der Waals surface area contributed by atoms with Crippen LogP contribution in [0.1, 0.15) is 43.0 Å². The Labute approximate surface area is 100 Å². The summed E-state index contributed by atoms with van der Waals surface area (Å²) in [5.74, 6) is 0.508. The zero-order valence-electron chi connectivity index (χ0n) is 10.0. The molecule has 0 spiro atoms. The average molecular weight is 234 g/mol. The van der Waals surface area contributed by atoms with Gasteiger partial charge in [-0.3, -0.25) is 9.59 Å². The number of aromatic amines is 1. The second-order valence-electron chi connectivity index (χ2n) is 4.68. The van der Waals surface area contributed by atoms with Crippen molar-refractivity contribution >= 4 is 5.91 Å². The second-order valence-corrected chi connectivity index (χ2v) is 4.68. The molecular weight excluding hydrogens is 216 g/mol. The molecule has 1 amide bonds. The highest BCUT2D eigenvalue weighted by molar-refractivity contribution is 5.93. The number of nitrogens with one attached hydrogen (secondary N) is 2. The van der Waals surface area contributed by atoms with Crippen molar-refractivity contribution in [1.82, 2.24) is 10.3 Å². The van der Waals surface area contributed by atoms with Gasteiger partial charge < -0.3 is 10.3 Å².